The van der Waals surface area contributed by atoms with E-state index in [1.54, 1.807) is 18.0 Å². The predicted molar refractivity (Wildman–Crippen MR) is 65.6 cm³/mol. The zero-order valence-corrected chi connectivity index (χ0v) is 10.4. The van der Waals surface area contributed by atoms with Crippen molar-refractivity contribution in [3.05, 3.63) is 17.8 Å². The lowest BCUT2D eigenvalue weighted by atomic mass is 10.3. The number of carbonyl (C=O) groups excluding carboxylic acids is 1. The monoisotopic (exact) mass is 252 g/mol. The summed E-state index contributed by atoms with van der Waals surface area (Å²) in [5.41, 5.74) is -0.116. The Hall–Kier alpha value is -2.18. The zero-order valence-electron chi connectivity index (χ0n) is 10.4. The Labute approximate surface area is 105 Å². The van der Waals surface area contributed by atoms with Crippen LogP contribution in [0, 0.1) is 0 Å². The van der Waals surface area contributed by atoms with Crippen LogP contribution >= 0.6 is 0 Å². The summed E-state index contributed by atoms with van der Waals surface area (Å²) in [6.45, 7) is 2.80. The summed E-state index contributed by atoms with van der Waals surface area (Å²) < 4.78 is 0. The number of aromatic carboxylic acids is 1. The summed E-state index contributed by atoms with van der Waals surface area (Å²) >= 11 is 0. The van der Waals surface area contributed by atoms with Crippen LogP contribution in [0.2, 0.25) is 0 Å². The molecule has 98 valence electrons. The molecule has 0 aliphatic heterocycles. The van der Waals surface area contributed by atoms with Crippen LogP contribution in [0.1, 0.15) is 23.8 Å². The van der Waals surface area contributed by atoms with Crippen molar-refractivity contribution in [1.29, 1.82) is 0 Å². The number of hydrogen-bond donors (Lipinski definition) is 2. The Bertz CT molecular complexity index is 419. The van der Waals surface area contributed by atoms with Crippen LogP contribution in [0.25, 0.3) is 0 Å². The quantitative estimate of drug-likeness (QED) is 0.747. The summed E-state index contributed by atoms with van der Waals surface area (Å²) in [5.74, 6) is -0.764. The number of carboxylic acid groups (broad SMARTS) is 1. The highest BCUT2D eigenvalue weighted by Crippen LogP contribution is 2.09. The zero-order chi connectivity index (χ0) is 13.5. The largest absolute Gasteiger partial charge is 0.476 e. The van der Waals surface area contributed by atoms with Gasteiger partial charge in [-0.2, -0.15) is 0 Å². The molecule has 0 atom stereocenters. The number of nitrogens with zero attached hydrogens (tertiary/aromatic N) is 3. The number of hydrogen-bond acceptors (Lipinski definition) is 5. The van der Waals surface area contributed by atoms with Gasteiger partial charge in [-0.15, -0.1) is 10.2 Å². The normalized spacial score (nSPS) is 9.89. The second-order valence-electron chi connectivity index (χ2n) is 3.68. The maximum Gasteiger partial charge on any atom is 0.356 e. The fourth-order valence-electron chi connectivity index (χ4n) is 1.40. The van der Waals surface area contributed by atoms with Crippen molar-refractivity contribution in [3.8, 4) is 0 Å². The first-order chi connectivity index (χ1) is 8.58. The van der Waals surface area contributed by atoms with Crippen LogP contribution in [0.4, 0.5) is 5.82 Å². The van der Waals surface area contributed by atoms with Gasteiger partial charge in [0.15, 0.2) is 11.5 Å². The number of aromatic nitrogens is 2. The molecular weight excluding hydrogens is 236 g/mol. The van der Waals surface area contributed by atoms with Crippen molar-refractivity contribution in [2.24, 2.45) is 0 Å². The van der Waals surface area contributed by atoms with Crippen LogP contribution < -0.4 is 10.2 Å². The Morgan fingerprint density at radius 2 is 2.11 bits per heavy atom. The Kier molecular flexibility index (Phi) is 5.04. The number of rotatable bonds is 6. The lowest BCUT2D eigenvalue weighted by molar-refractivity contribution is -0.119. The molecule has 0 aliphatic carbocycles. The molecule has 0 bridgehead atoms. The van der Waals surface area contributed by atoms with E-state index in [4.69, 9.17) is 5.11 Å². The minimum absolute atomic E-state index is 0.116. The molecule has 0 aromatic carbocycles. The van der Waals surface area contributed by atoms with Crippen LogP contribution in [0.5, 0.6) is 0 Å². The molecule has 2 N–H and O–H groups in total. The summed E-state index contributed by atoms with van der Waals surface area (Å²) in [5, 5.41) is 18.7. The van der Waals surface area contributed by atoms with E-state index < -0.39 is 5.97 Å². The fraction of sp³-hybridized carbons (Fsp3) is 0.455. The molecule has 0 fully saturated rings. The van der Waals surface area contributed by atoms with Crippen LogP contribution in [0.15, 0.2) is 12.1 Å². The number of nitrogens with one attached hydrogen (secondary N) is 1. The van der Waals surface area contributed by atoms with E-state index in [0.29, 0.717) is 12.4 Å². The van der Waals surface area contributed by atoms with E-state index in [9.17, 15) is 9.59 Å². The summed E-state index contributed by atoms with van der Waals surface area (Å²) in [6.07, 6.45) is 0.847. The topological polar surface area (TPSA) is 95.4 Å². The second-order valence-corrected chi connectivity index (χ2v) is 3.68. The standard InChI is InChI=1S/C11H16N4O3/c1-3-6-15(7-10(16)12-2)9-5-4-8(11(17)18)13-14-9/h4-5H,3,6-7H2,1-2H3,(H,12,16)(H,17,18). The van der Waals surface area contributed by atoms with Crippen LogP contribution in [-0.4, -0.2) is 47.3 Å². The van der Waals surface area contributed by atoms with Gasteiger partial charge in [0.1, 0.15) is 0 Å². The minimum Gasteiger partial charge on any atom is -0.476 e. The third-order valence-electron chi connectivity index (χ3n) is 2.30. The predicted octanol–water partition coefficient (Wildman–Crippen LogP) is 0.137. The van der Waals surface area contributed by atoms with Crippen molar-refractivity contribution in [3.63, 3.8) is 0 Å². The van der Waals surface area contributed by atoms with Gasteiger partial charge in [-0.3, -0.25) is 4.79 Å². The van der Waals surface area contributed by atoms with Gasteiger partial charge in [-0.25, -0.2) is 4.79 Å². The second kappa shape index (κ2) is 6.53. The third-order valence-corrected chi connectivity index (χ3v) is 2.30. The van der Waals surface area contributed by atoms with Crippen molar-refractivity contribution in [2.75, 3.05) is 25.0 Å². The molecule has 1 aromatic rings. The third kappa shape index (κ3) is 3.69. The number of carboxylic acids is 1. The number of likely N-dealkylation sites (N-methyl/N-ethyl adjacent to an activating group) is 1. The van der Waals surface area contributed by atoms with E-state index in [0.717, 1.165) is 6.42 Å². The Morgan fingerprint density at radius 3 is 2.56 bits per heavy atom. The molecule has 7 nitrogen and oxygen atoms in total. The van der Waals surface area contributed by atoms with E-state index in [1.165, 1.54) is 6.07 Å². The first kappa shape index (κ1) is 13.9. The molecule has 1 amide bonds. The van der Waals surface area contributed by atoms with Crippen LogP contribution in [-0.2, 0) is 4.79 Å². The van der Waals surface area contributed by atoms with Gasteiger partial charge in [-0.1, -0.05) is 6.92 Å². The first-order valence-electron chi connectivity index (χ1n) is 5.61. The van der Waals surface area contributed by atoms with Crippen molar-refractivity contribution in [2.45, 2.75) is 13.3 Å². The molecule has 1 rings (SSSR count). The molecule has 0 unspecified atom stereocenters. The van der Waals surface area contributed by atoms with Gasteiger partial charge >= 0.3 is 5.97 Å². The number of carbonyl (C=O) groups is 2. The molecule has 0 aliphatic rings. The van der Waals surface area contributed by atoms with E-state index >= 15 is 0 Å². The average Bonchev–Trinajstić information content (AvgIpc) is 2.38. The smallest absolute Gasteiger partial charge is 0.356 e. The van der Waals surface area contributed by atoms with Gasteiger partial charge in [0.05, 0.1) is 6.54 Å². The molecule has 7 heteroatoms. The van der Waals surface area contributed by atoms with Crippen molar-refractivity contribution in [1.82, 2.24) is 15.5 Å². The molecular formula is C11H16N4O3. The molecule has 0 radical (unpaired) electrons. The molecule has 0 spiro atoms. The highest BCUT2D eigenvalue weighted by molar-refractivity contribution is 5.85. The summed E-state index contributed by atoms with van der Waals surface area (Å²) in [6, 6.07) is 2.92. The van der Waals surface area contributed by atoms with E-state index in [1.807, 2.05) is 6.92 Å². The number of anilines is 1. The van der Waals surface area contributed by atoms with Gasteiger partial charge in [0.25, 0.3) is 0 Å². The Morgan fingerprint density at radius 1 is 1.39 bits per heavy atom. The summed E-state index contributed by atoms with van der Waals surface area (Å²) in [4.78, 5) is 23.7. The molecule has 18 heavy (non-hydrogen) atoms. The van der Waals surface area contributed by atoms with Crippen molar-refractivity contribution >= 4 is 17.7 Å². The molecule has 0 saturated heterocycles. The van der Waals surface area contributed by atoms with Crippen LogP contribution in [0.3, 0.4) is 0 Å². The van der Waals surface area contributed by atoms with E-state index in [2.05, 4.69) is 15.5 Å². The molecule has 1 heterocycles. The minimum atomic E-state index is -1.12. The molecule has 1 aromatic heterocycles. The summed E-state index contributed by atoms with van der Waals surface area (Å²) in [7, 11) is 1.56. The fourth-order valence-corrected chi connectivity index (χ4v) is 1.40. The van der Waals surface area contributed by atoms with Gasteiger partial charge in [-0.05, 0) is 18.6 Å². The highest BCUT2D eigenvalue weighted by Gasteiger charge is 2.13. The van der Waals surface area contributed by atoms with Gasteiger partial charge < -0.3 is 15.3 Å². The van der Waals surface area contributed by atoms with Crippen molar-refractivity contribution < 1.29 is 14.7 Å². The maximum absolute atomic E-state index is 11.4. The highest BCUT2D eigenvalue weighted by atomic mass is 16.4. The maximum atomic E-state index is 11.4. The molecule has 0 saturated carbocycles. The van der Waals surface area contributed by atoms with Gasteiger partial charge in [0, 0.05) is 13.6 Å². The Balaban J connectivity index is 2.84. The number of amides is 1. The van der Waals surface area contributed by atoms with Gasteiger partial charge in [0.2, 0.25) is 5.91 Å². The van der Waals surface area contributed by atoms with E-state index in [-0.39, 0.29) is 18.1 Å². The first-order valence-corrected chi connectivity index (χ1v) is 5.61. The lowest BCUT2D eigenvalue weighted by Crippen LogP contribution is -2.36. The lowest BCUT2D eigenvalue weighted by Gasteiger charge is -2.21. The average molecular weight is 252 g/mol. The SMILES string of the molecule is CCCN(CC(=O)NC)c1ccc(C(=O)O)nn1.